The van der Waals surface area contributed by atoms with Gasteiger partial charge in [-0.15, -0.1) is 0 Å². The third-order valence-corrected chi connectivity index (χ3v) is 9.22. The number of benzene rings is 3. The number of likely N-dealkylation sites (tertiary alicyclic amines) is 1. The molecule has 4 heterocycles. The van der Waals surface area contributed by atoms with Gasteiger partial charge in [0, 0.05) is 61.3 Å². The summed E-state index contributed by atoms with van der Waals surface area (Å²) in [5, 5.41) is 14.5. The number of para-hydroxylation sites is 1. The number of carbonyl (C=O) groups excluding carboxylic acids is 3. The first kappa shape index (κ1) is 30.0. The quantitative estimate of drug-likeness (QED) is 0.195. The van der Waals surface area contributed by atoms with E-state index in [0.29, 0.717) is 56.8 Å². The summed E-state index contributed by atoms with van der Waals surface area (Å²) in [4.78, 5) is 47.0. The summed E-state index contributed by atoms with van der Waals surface area (Å²) in [5.41, 5.74) is 11.9. The lowest BCUT2D eigenvalue weighted by Crippen LogP contribution is -2.53. The minimum Gasteiger partial charge on any atom is -0.366 e. The van der Waals surface area contributed by atoms with E-state index in [1.54, 1.807) is 24.5 Å². The third kappa shape index (κ3) is 6.26. The molecule has 0 radical (unpaired) electrons. The number of carbonyl (C=O) groups is 3. The Labute approximate surface area is 271 Å². The molecular weight excluding hydrogens is 594 g/mol. The first-order valence-corrected chi connectivity index (χ1v) is 15.9. The normalized spacial score (nSPS) is 15.7. The zero-order valence-corrected chi connectivity index (χ0v) is 26.1. The van der Waals surface area contributed by atoms with E-state index < -0.39 is 11.9 Å². The fourth-order valence-electron chi connectivity index (χ4n) is 6.80. The standard InChI is InChI=1S/C35H37N9O3/c1-22-15-24(17-27-19-38-41-31(22)27)18-30(33-37-11-14-43(33)20-23-5-4-7-25(16-23)32(36)45)40-34(46)42-12-9-28(10-13-42)44-21-26-6-2-3-8-29(26)39-35(44)47/h2-8,11,14-17,19,28,30H,9-10,12-13,18,20-21H2,1H3,(H2,36,45)(H,38,41)(H,39,47)(H,40,46). The van der Waals surface area contributed by atoms with Crippen molar-refractivity contribution < 1.29 is 14.4 Å². The van der Waals surface area contributed by atoms with Gasteiger partial charge >= 0.3 is 12.1 Å². The molecule has 1 saturated heterocycles. The van der Waals surface area contributed by atoms with Crippen LogP contribution in [0.25, 0.3) is 10.9 Å². The van der Waals surface area contributed by atoms with E-state index in [9.17, 15) is 14.4 Å². The largest absolute Gasteiger partial charge is 0.366 e. The number of imidazole rings is 1. The molecule has 2 aromatic heterocycles. The van der Waals surface area contributed by atoms with E-state index >= 15 is 0 Å². The van der Waals surface area contributed by atoms with Gasteiger partial charge in [0.1, 0.15) is 5.82 Å². The Morgan fingerprint density at radius 2 is 1.89 bits per heavy atom. The van der Waals surface area contributed by atoms with Crippen LogP contribution in [0.4, 0.5) is 15.3 Å². The number of aromatic nitrogens is 4. The highest BCUT2D eigenvalue weighted by Gasteiger charge is 2.33. The van der Waals surface area contributed by atoms with Crippen LogP contribution in [0.1, 0.15) is 57.3 Å². The van der Waals surface area contributed by atoms with Gasteiger partial charge in [0.05, 0.1) is 17.8 Å². The average molecular weight is 632 g/mol. The van der Waals surface area contributed by atoms with Crippen LogP contribution < -0.4 is 16.4 Å². The highest BCUT2D eigenvalue weighted by atomic mass is 16.2. The number of piperidine rings is 1. The SMILES string of the molecule is Cc1cc(CC(NC(=O)N2CCC(N3Cc4ccccc4NC3=O)CC2)c2nccn2Cc2cccc(C(N)=O)c2)cc2cn[nH]c12. The molecule has 5 N–H and O–H groups in total. The van der Waals surface area contributed by atoms with Gasteiger partial charge in [0.25, 0.3) is 0 Å². The molecule has 5 amide bonds. The monoisotopic (exact) mass is 631 g/mol. The van der Waals surface area contributed by atoms with Crippen molar-refractivity contribution in [2.45, 2.75) is 51.4 Å². The molecule has 1 unspecified atom stereocenters. The zero-order chi connectivity index (χ0) is 32.5. The molecule has 47 heavy (non-hydrogen) atoms. The second-order valence-electron chi connectivity index (χ2n) is 12.4. The maximum Gasteiger partial charge on any atom is 0.322 e. The summed E-state index contributed by atoms with van der Waals surface area (Å²) in [6, 6.07) is 18.6. The van der Waals surface area contributed by atoms with Crippen LogP contribution in [0.5, 0.6) is 0 Å². The third-order valence-electron chi connectivity index (χ3n) is 9.22. The molecule has 1 atom stereocenters. The van der Waals surface area contributed by atoms with Crippen LogP contribution in [0, 0.1) is 6.92 Å². The van der Waals surface area contributed by atoms with Crippen LogP contribution in [0.15, 0.2) is 79.3 Å². The molecule has 0 aliphatic carbocycles. The Morgan fingerprint density at radius 3 is 2.72 bits per heavy atom. The van der Waals surface area contributed by atoms with E-state index in [0.717, 1.165) is 38.8 Å². The number of nitrogens with two attached hydrogens (primary N) is 1. The average Bonchev–Trinajstić information content (AvgIpc) is 3.74. The fourth-order valence-corrected chi connectivity index (χ4v) is 6.80. The molecule has 1 fully saturated rings. The minimum absolute atomic E-state index is 0.0444. The summed E-state index contributed by atoms with van der Waals surface area (Å²) in [5.74, 6) is 0.216. The maximum absolute atomic E-state index is 13.9. The molecule has 2 aliphatic rings. The van der Waals surface area contributed by atoms with Crippen LogP contribution in [-0.4, -0.2) is 66.6 Å². The van der Waals surface area contributed by atoms with Crippen LogP contribution in [0.3, 0.4) is 0 Å². The first-order valence-electron chi connectivity index (χ1n) is 15.9. The molecule has 3 aromatic carbocycles. The number of rotatable bonds is 8. The van der Waals surface area contributed by atoms with Crippen molar-refractivity contribution in [3.05, 3.63) is 113 Å². The Morgan fingerprint density at radius 1 is 1.06 bits per heavy atom. The Balaban J connectivity index is 1.09. The number of aromatic amines is 1. The summed E-state index contributed by atoms with van der Waals surface area (Å²) < 4.78 is 1.99. The van der Waals surface area contributed by atoms with Gasteiger partial charge in [-0.3, -0.25) is 9.89 Å². The maximum atomic E-state index is 13.9. The number of aryl methyl sites for hydroxylation is 1. The molecule has 0 saturated carbocycles. The number of anilines is 1. The Kier molecular flexibility index (Phi) is 8.07. The number of hydrogen-bond acceptors (Lipinski definition) is 5. The number of fused-ring (bicyclic) bond motifs is 2. The van der Waals surface area contributed by atoms with Gasteiger partial charge < -0.3 is 30.7 Å². The summed E-state index contributed by atoms with van der Waals surface area (Å²) in [6.45, 7) is 4.11. The van der Waals surface area contributed by atoms with Gasteiger partial charge in [-0.05, 0) is 72.7 Å². The Hall–Kier alpha value is -5.65. The van der Waals surface area contributed by atoms with Crippen LogP contribution in [-0.2, 0) is 19.5 Å². The van der Waals surface area contributed by atoms with Crippen molar-refractivity contribution in [1.29, 1.82) is 0 Å². The predicted molar refractivity (Wildman–Crippen MR) is 178 cm³/mol. The molecular formula is C35H37N9O3. The molecule has 0 spiro atoms. The molecule has 12 heteroatoms. The van der Waals surface area contributed by atoms with E-state index in [2.05, 4.69) is 33.0 Å². The highest BCUT2D eigenvalue weighted by Crippen LogP contribution is 2.28. The number of urea groups is 2. The van der Waals surface area contributed by atoms with Gasteiger partial charge in [-0.2, -0.15) is 5.10 Å². The van der Waals surface area contributed by atoms with E-state index in [1.165, 1.54) is 0 Å². The highest BCUT2D eigenvalue weighted by molar-refractivity contribution is 5.93. The molecule has 12 nitrogen and oxygen atoms in total. The van der Waals surface area contributed by atoms with Gasteiger partial charge in [0.2, 0.25) is 5.91 Å². The van der Waals surface area contributed by atoms with Crippen molar-refractivity contribution >= 4 is 34.6 Å². The van der Waals surface area contributed by atoms with Gasteiger partial charge in [-0.25, -0.2) is 14.6 Å². The molecule has 0 bridgehead atoms. The lowest BCUT2D eigenvalue weighted by atomic mass is 10.00. The molecule has 2 aliphatic heterocycles. The topological polar surface area (TPSA) is 154 Å². The van der Waals surface area contributed by atoms with Gasteiger partial charge in [0.15, 0.2) is 0 Å². The lowest BCUT2D eigenvalue weighted by molar-refractivity contribution is 0.1000. The van der Waals surface area contributed by atoms with E-state index in [1.807, 2.05) is 63.9 Å². The number of nitrogens with one attached hydrogen (secondary N) is 3. The van der Waals surface area contributed by atoms with Crippen molar-refractivity contribution in [3.8, 4) is 0 Å². The molecule has 240 valence electrons. The smallest absolute Gasteiger partial charge is 0.322 e. The zero-order valence-electron chi connectivity index (χ0n) is 26.1. The second-order valence-corrected chi connectivity index (χ2v) is 12.4. The number of amides is 5. The number of nitrogens with zero attached hydrogens (tertiary/aromatic N) is 5. The van der Waals surface area contributed by atoms with Crippen molar-refractivity contribution in [3.63, 3.8) is 0 Å². The second kappa shape index (κ2) is 12.6. The van der Waals surface area contributed by atoms with E-state index in [-0.39, 0.29) is 18.1 Å². The lowest BCUT2D eigenvalue weighted by Gasteiger charge is -2.40. The Bertz CT molecular complexity index is 1960. The van der Waals surface area contributed by atoms with Crippen LogP contribution >= 0.6 is 0 Å². The summed E-state index contributed by atoms with van der Waals surface area (Å²) >= 11 is 0. The number of hydrogen-bond donors (Lipinski definition) is 4. The summed E-state index contributed by atoms with van der Waals surface area (Å²) in [7, 11) is 0. The number of primary amides is 1. The minimum atomic E-state index is -0.484. The molecule has 7 rings (SSSR count). The van der Waals surface area contributed by atoms with Crippen LogP contribution in [0.2, 0.25) is 0 Å². The van der Waals surface area contributed by atoms with Crippen molar-refractivity contribution in [2.24, 2.45) is 5.73 Å². The first-order chi connectivity index (χ1) is 22.8. The van der Waals surface area contributed by atoms with E-state index in [4.69, 9.17) is 10.7 Å². The number of H-pyrrole nitrogens is 1. The molecule has 5 aromatic rings. The summed E-state index contributed by atoms with van der Waals surface area (Å²) in [6.07, 6.45) is 7.30. The van der Waals surface area contributed by atoms with Crippen molar-refractivity contribution in [1.82, 2.24) is 34.9 Å². The fraction of sp³-hybridized carbons (Fsp3) is 0.286. The van der Waals surface area contributed by atoms with Gasteiger partial charge in [-0.1, -0.05) is 36.4 Å². The van der Waals surface area contributed by atoms with Crippen molar-refractivity contribution in [2.75, 3.05) is 18.4 Å². The predicted octanol–water partition coefficient (Wildman–Crippen LogP) is 4.72.